The van der Waals surface area contributed by atoms with Gasteiger partial charge in [0.05, 0.1) is 13.3 Å². The van der Waals surface area contributed by atoms with E-state index in [1.165, 1.54) is 6.42 Å². The topological polar surface area (TPSA) is 75.8 Å². The fourth-order valence-electron chi connectivity index (χ4n) is 2.75. The number of rotatable bonds is 5. The number of carbonyl (C=O) groups excluding carboxylic acids is 2. The second-order valence-corrected chi connectivity index (χ2v) is 6.12. The van der Waals surface area contributed by atoms with E-state index in [4.69, 9.17) is 4.42 Å². The highest BCUT2D eigenvalue weighted by Gasteiger charge is 2.25. The molecule has 0 bridgehead atoms. The van der Waals surface area contributed by atoms with Crippen molar-refractivity contribution >= 4 is 11.9 Å². The van der Waals surface area contributed by atoms with Gasteiger partial charge in [-0.2, -0.15) is 0 Å². The van der Waals surface area contributed by atoms with Crippen LogP contribution in [0.3, 0.4) is 0 Å². The Labute approximate surface area is 131 Å². The minimum Gasteiger partial charge on any atom is -0.463 e. The first kappa shape index (κ1) is 16.5. The van der Waals surface area contributed by atoms with Gasteiger partial charge in [0.25, 0.3) is 5.91 Å². The van der Waals surface area contributed by atoms with E-state index in [1.807, 2.05) is 26.1 Å². The third-order valence-electron chi connectivity index (χ3n) is 4.34. The summed E-state index contributed by atoms with van der Waals surface area (Å²) in [7, 11) is 1.91. The van der Waals surface area contributed by atoms with E-state index in [2.05, 4.69) is 10.6 Å². The van der Waals surface area contributed by atoms with E-state index in [0.29, 0.717) is 6.54 Å². The van der Waals surface area contributed by atoms with Crippen LogP contribution in [-0.2, 0) is 11.3 Å². The molecule has 2 rings (SSSR count). The summed E-state index contributed by atoms with van der Waals surface area (Å²) in [5, 5.41) is 5.34. The summed E-state index contributed by atoms with van der Waals surface area (Å²) in [6.45, 7) is 2.41. The molecule has 3 N–H and O–H groups in total. The van der Waals surface area contributed by atoms with E-state index in [9.17, 15) is 9.59 Å². The number of hydrogen-bond acceptors (Lipinski definition) is 3. The first-order chi connectivity index (χ1) is 10.6. The smallest absolute Gasteiger partial charge is 0.321 e. The molecular weight excluding hydrogens is 282 g/mol. The second kappa shape index (κ2) is 7.98. The third kappa shape index (κ3) is 4.87. The summed E-state index contributed by atoms with van der Waals surface area (Å²) < 4.78 is 5.28. The molecule has 0 radical (unpaired) electrons. The van der Waals surface area contributed by atoms with Gasteiger partial charge in [-0.15, -0.1) is 0 Å². The van der Waals surface area contributed by atoms with Gasteiger partial charge in [0, 0.05) is 6.04 Å². The number of likely N-dealkylation sites (N-methyl/N-ethyl adjacent to an activating group) is 1. The maximum atomic E-state index is 12.1. The molecule has 1 saturated carbocycles. The summed E-state index contributed by atoms with van der Waals surface area (Å²) in [6, 6.07) is 3.19. The molecule has 1 heterocycles. The molecule has 1 fully saturated rings. The highest BCUT2D eigenvalue weighted by molar-refractivity contribution is 5.96. The van der Waals surface area contributed by atoms with Crippen LogP contribution in [0, 0.1) is 0 Å². The summed E-state index contributed by atoms with van der Waals surface area (Å²) in [6.07, 6.45) is 7.14. The predicted molar refractivity (Wildman–Crippen MR) is 82.3 cm³/mol. The Morgan fingerprint density at radius 2 is 2.09 bits per heavy atom. The Hall–Kier alpha value is -1.82. The van der Waals surface area contributed by atoms with Crippen LogP contribution >= 0.6 is 0 Å². The van der Waals surface area contributed by atoms with Gasteiger partial charge in [-0.3, -0.25) is 10.1 Å². The number of urea groups is 1. The van der Waals surface area contributed by atoms with Gasteiger partial charge in [-0.1, -0.05) is 19.3 Å². The molecule has 6 heteroatoms. The molecule has 0 saturated heterocycles. The molecule has 122 valence electrons. The minimum atomic E-state index is -0.380. The molecule has 0 spiro atoms. The van der Waals surface area contributed by atoms with Crippen molar-refractivity contribution in [1.29, 1.82) is 0 Å². The van der Waals surface area contributed by atoms with Crippen LogP contribution in [0.2, 0.25) is 0 Å². The zero-order chi connectivity index (χ0) is 15.9. The van der Waals surface area contributed by atoms with Crippen LogP contribution in [0.4, 0.5) is 4.79 Å². The van der Waals surface area contributed by atoms with Crippen molar-refractivity contribution in [2.24, 2.45) is 0 Å². The summed E-state index contributed by atoms with van der Waals surface area (Å²) in [5.74, 6) is 0.557. The molecule has 0 aliphatic heterocycles. The quantitative estimate of drug-likeness (QED) is 0.754. The van der Waals surface area contributed by atoms with Crippen molar-refractivity contribution < 1.29 is 18.9 Å². The minimum absolute atomic E-state index is 0.199. The monoisotopic (exact) mass is 308 g/mol. The Morgan fingerprint density at radius 1 is 1.36 bits per heavy atom. The first-order valence-electron chi connectivity index (χ1n) is 8.02. The van der Waals surface area contributed by atoms with E-state index >= 15 is 0 Å². The van der Waals surface area contributed by atoms with Crippen LogP contribution in [-0.4, -0.2) is 31.1 Å². The summed E-state index contributed by atoms with van der Waals surface area (Å²) in [4.78, 5) is 25.0. The Balaban J connectivity index is 1.76. The van der Waals surface area contributed by atoms with Crippen LogP contribution in [0.1, 0.15) is 44.8 Å². The van der Waals surface area contributed by atoms with Gasteiger partial charge < -0.3 is 14.6 Å². The standard InChI is InChI=1S/C16H25N3O3/c1-12(19(2)11-14-9-6-10-22-14)15(20)18-16(21)17-13-7-4-3-5-8-13/h6,9-10,12-13H,3-5,7-8,11H2,1-2H3,(H2,17,18,20,21)/p+1/t12-/m1/s1. The van der Waals surface area contributed by atoms with Gasteiger partial charge in [-0.05, 0) is 31.9 Å². The third-order valence-corrected chi connectivity index (χ3v) is 4.34. The number of hydrogen-bond donors (Lipinski definition) is 3. The lowest BCUT2D eigenvalue weighted by Crippen LogP contribution is -3.12. The number of quaternary nitrogens is 1. The number of amides is 3. The van der Waals surface area contributed by atoms with E-state index in [-0.39, 0.29) is 24.0 Å². The average Bonchev–Trinajstić information content (AvgIpc) is 3.00. The molecule has 1 aromatic rings. The lowest BCUT2D eigenvalue weighted by Gasteiger charge is -2.24. The van der Waals surface area contributed by atoms with Crippen LogP contribution in [0.25, 0.3) is 0 Å². The molecule has 6 nitrogen and oxygen atoms in total. The Kier molecular flexibility index (Phi) is 6.00. The van der Waals surface area contributed by atoms with Crippen LogP contribution in [0.5, 0.6) is 0 Å². The molecule has 1 aromatic heterocycles. The van der Waals surface area contributed by atoms with Crippen molar-refractivity contribution in [2.45, 2.75) is 57.7 Å². The van der Waals surface area contributed by atoms with Gasteiger partial charge in [0.2, 0.25) is 0 Å². The van der Waals surface area contributed by atoms with Gasteiger partial charge in [-0.25, -0.2) is 4.79 Å². The Morgan fingerprint density at radius 3 is 2.73 bits per heavy atom. The zero-order valence-corrected chi connectivity index (χ0v) is 13.4. The number of furan rings is 1. The average molecular weight is 308 g/mol. The second-order valence-electron chi connectivity index (χ2n) is 6.12. The predicted octanol–water partition coefficient (Wildman–Crippen LogP) is 0.841. The SMILES string of the molecule is C[C@H](C(=O)NC(=O)NC1CCCCC1)[NH+](C)Cc1ccco1. The van der Waals surface area contributed by atoms with E-state index < -0.39 is 0 Å². The normalized spacial score (nSPS) is 18.5. The van der Waals surface area contributed by atoms with Gasteiger partial charge in [0.15, 0.2) is 11.8 Å². The van der Waals surface area contributed by atoms with Crippen molar-refractivity contribution in [3.63, 3.8) is 0 Å². The lowest BCUT2D eigenvalue weighted by atomic mass is 9.96. The maximum Gasteiger partial charge on any atom is 0.321 e. The number of nitrogens with one attached hydrogen (secondary N) is 3. The van der Waals surface area contributed by atoms with Gasteiger partial charge in [0.1, 0.15) is 6.54 Å². The molecule has 1 aliphatic carbocycles. The fourth-order valence-corrected chi connectivity index (χ4v) is 2.75. The highest BCUT2D eigenvalue weighted by Crippen LogP contribution is 2.17. The lowest BCUT2D eigenvalue weighted by molar-refractivity contribution is -0.909. The molecule has 3 amide bonds. The maximum absolute atomic E-state index is 12.1. The van der Waals surface area contributed by atoms with E-state index in [1.54, 1.807) is 6.26 Å². The highest BCUT2D eigenvalue weighted by atomic mass is 16.3. The largest absolute Gasteiger partial charge is 0.463 e. The zero-order valence-electron chi connectivity index (χ0n) is 13.4. The van der Waals surface area contributed by atoms with Crippen molar-refractivity contribution in [2.75, 3.05) is 7.05 Å². The molecule has 2 atom stereocenters. The summed E-state index contributed by atoms with van der Waals surface area (Å²) >= 11 is 0. The molecular formula is C16H26N3O3+. The number of carbonyl (C=O) groups is 2. The fraction of sp³-hybridized carbons (Fsp3) is 0.625. The number of imide groups is 1. The van der Waals surface area contributed by atoms with Gasteiger partial charge >= 0.3 is 6.03 Å². The van der Waals surface area contributed by atoms with Crippen LogP contribution in [0.15, 0.2) is 22.8 Å². The van der Waals surface area contributed by atoms with E-state index in [0.717, 1.165) is 36.3 Å². The molecule has 0 aromatic carbocycles. The van der Waals surface area contributed by atoms with Crippen molar-refractivity contribution in [3.05, 3.63) is 24.2 Å². The van der Waals surface area contributed by atoms with Crippen molar-refractivity contribution in [1.82, 2.24) is 10.6 Å². The Bertz CT molecular complexity index is 481. The first-order valence-corrected chi connectivity index (χ1v) is 8.02. The molecule has 1 aliphatic rings. The molecule has 22 heavy (non-hydrogen) atoms. The molecule has 1 unspecified atom stereocenters. The summed E-state index contributed by atoms with van der Waals surface area (Å²) in [5.41, 5.74) is 0. The van der Waals surface area contributed by atoms with Crippen molar-refractivity contribution in [3.8, 4) is 0 Å². The van der Waals surface area contributed by atoms with Crippen LogP contribution < -0.4 is 15.5 Å².